The van der Waals surface area contributed by atoms with Gasteiger partial charge >= 0.3 is 12.1 Å². The molecule has 0 fully saturated rings. The van der Waals surface area contributed by atoms with Gasteiger partial charge in [-0.05, 0) is 13.8 Å². The number of amides is 1. The number of nitrogens with zero attached hydrogens (tertiary/aromatic N) is 1. The third-order valence-corrected chi connectivity index (χ3v) is 3.21. The van der Waals surface area contributed by atoms with E-state index >= 15 is 0 Å². The van der Waals surface area contributed by atoms with Crippen molar-refractivity contribution in [2.24, 2.45) is 0 Å². The standard InChI is InChI=1S/C13H12Cl2N2O5/c1-3-20-12(18)10-9(17-13(19)21-4-2)8-7(22-10)5-6(14)11(15)16-8/h5H,3-4H2,1-2H3,(H,17,19). The minimum atomic E-state index is -0.761. The molecule has 0 bridgehead atoms. The van der Waals surface area contributed by atoms with E-state index in [2.05, 4.69) is 10.3 Å². The van der Waals surface area contributed by atoms with E-state index in [-0.39, 0.29) is 45.9 Å². The Balaban J connectivity index is 2.56. The largest absolute Gasteiger partial charge is 0.460 e. The number of hydrogen-bond donors (Lipinski definition) is 1. The van der Waals surface area contributed by atoms with E-state index in [1.165, 1.54) is 6.07 Å². The van der Waals surface area contributed by atoms with E-state index < -0.39 is 12.1 Å². The molecule has 0 saturated heterocycles. The van der Waals surface area contributed by atoms with Crippen LogP contribution in [0.2, 0.25) is 10.2 Å². The zero-order valence-corrected chi connectivity index (χ0v) is 13.2. The molecule has 2 aromatic rings. The highest BCUT2D eigenvalue weighted by atomic mass is 35.5. The normalized spacial score (nSPS) is 10.5. The molecule has 1 N–H and O–H groups in total. The maximum Gasteiger partial charge on any atom is 0.411 e. The first kappa shape index (κ1) is 16.4. The van der Waals surface area contributed by atoms with Gasteiger partial charge in [0.05, 0.1) is 18.2 Å². The molecule has 0 radical (unpaired) electrons. The fourth-order valence-electron chi connectivity index (χ4n) is 1.70. The van der Waals surface area contributed by atoms with Gasteiger partial charge in [0.15, 0.2) is 5.58 Å². The highest BCUT2D eigenvalue weighted by molar-refractivity contribution is 6.41. The molecule has 0 aliphatic carbocycles. The lowest BCUT2D eigenvalue weighted by Gasteiger charge is -2.05. The molecule has 7 nitrogen and oxygen atoms in total. The predicted molar refractivity (Wildman–Crippen MR) is 80.6 cm³/mol. The predicted octanol–water partition coefficient (Wildman–Crippen LogP) is 3.88. The van der Waals surface area contributed by atoms with Crippen molar-refractivity contribution in [3.05, 3.63) is 22.0 Å². The fourth-order valence-corrected chi connectivity index (χ4v) is 1.98. The van der Waals surface area contributed by atoms with Gasteiger partial charge in [-0.15, -0.1) is 0 Å². The first-order chi connectivity index (χ1) is 10.5. The van der Waals surface area contributed by atoms with Crippen molar-refractivity contribution in [2.75, 3.05) is 18.5 Å². The minimum absolute atomic E-state index is 0.0114. The van der Waals surface area contributed by atoms with Crippen LogP contribution in [0.5, 0.6) is 0 Å². The zero-order valence-electron chi connectivity index (χ0n) is 11.7. The van der Waals surface area contributed by atoms with Gasteiger partial charge in [0.2, 0.25) is 5.76 Å². The van der Waals surface area contributed by atoms with Crippen molar-refractivity contribution in [2.45, 2.75) is 13.8 Å². The number of anilines is 1. The summed E-state index contributed by atoms with van der Waals surface area (Å²) in [4.78, 5) is 27.6. The molecule has 0 saturated carbocycles. The second-order valence-corrected chi connectivity index (χ2v) is 4.75. The lowest BCUT2D eigenvalue weighted by Crippen LogP contribution is -2.16. The van der Waals surface area contributed by atoms with Crippen LogP contribution in [0.15, 0.2) is 10.5 Å². The monoisotopic (exact) mass is 346 g/mol. The van der Waals surface area contributed by atoms with Gasteiger partial charge in [0.1, 0.15) is 16.4 Å². The number of ether oxygens (including phenoxy) is 2. The van der Waals surface area contributed by atoms with E-state index in [1.54, 1.807) is 13.8 Å². The number of hydrogen-bond acceptors (Lipinski definition) is 6. The summed E-state index contributed by atoms with van der Waals surface area (Å²) in [7, 11) is 0. The molecule has 22 heavy (non-hydrogen) atoms. The summed E-state index contributed by atoms with van der Waals surface area (Å²) in [6.07, 6.45) is -0.761. The van der Waals surface area contributed by atoms with Gasteiger partial charge in [-0.25, -0.2) is 14.6 Å². The smallest absolute Gasteiger partial charge is 0.411 e. The SMILES string of the molecule is CCOC(=O)Nc1c(C(=O)OCC)oc2cc(Cl)c(Cl)nc12. The Morgan fingerprint density at radius 2 is 1.95 bits per heavy atom. The molecule has 2 rings (SSSR count). The van der Waals surface area contributed by atoms with Crippen LogP contribution < -0.4 is 5.32 Å². The summed E-state index contributed by atoms with van der Waals surface area (Å²) in [5, 5.41) is 2.57. The first-order valence-corrected chi connectivity index (χ1v) is 7.12. The number of esters is 1. The number of furan rings is 1. The third kappa shape index (κ3) is 3.26. The van der Waals surface area contributed by atoms with Crippen molar-refractivity contribution >= 4 is 52.1 Å². The van der Waals surface area contributed by atoms with Gasteiger partial charge < -0.3 is 13.9 Å². The quantitative estimate of drug-likeness (QED) is 0.667. The molecular formula is C13H12Cl2N2O5. The van der Waals surface area contributed by atoms with Crippen LogP contribution in [0.1, 0.15) is 24.4 Å². The molecule has 0 aliphatic heterocycles. The lowest BCUT2D eigenvalue weighted by atomic mass is 10.3. The maximum atomic E-state index is 11.9. The van der Waals surface area contributed by atoms with Crippen molar-refractivity contribution < 1.29 is 23.5 Å². The summed E-state index contributed by atoms with van der Waals surface area (Å²) in [6.45, 7) is 3.60. The molecule has 2 heterocycles. The average molecular weight is 347 g/mol. The Morgan fingerprint density at radius 3 is 2.59 bits per heavy atom. The molecule has 0 aliphatic rings. The number of carbonyl (C=O) groups is 2. The number of pyridine rings is 1. The Hall–Kier alpha value is -1.99. The molecule has 0 unspecified atom stereocenters. The van der Waals surface area contributed by atoms with Gasteiger partial charge in [-0.2, -0.15) is 0 Å². The number of halogens is 2. The molecule has 9 heteroatoms. The number of nitrogens with one attached hydrogen (secondary N) is 1. The van der Waals surface area contributed by atoms with Crippen LogP contribution in [0.4, 0.5) is 10.5 Å². The highest BCUT2D eigenvalue weighted by Gasteiger charge is 2.25. The minimum Gasteiger partial charge on any atom is -0.460 e. The maximum absolute atomic E-state index is 11.9. The van der Waals surface area contributed by atoms with Crippen LogP contribution >= 0.6 is 23.2 Å². The lowest BCUT2D eigenvalue weighted by molar-refractivity contribution is 0.0494. The Morgan fingerprint density at radius 1 is 1.27 bits per heavy atom. The number of rotatable bonds is 4. The van der Waals surface area contributed by atoms with Crippen LogP contribution in [-0.2, 0) is 9.47 Å². The molecular weight excluding hydrogens is 335 g/mol. The number of fused-ring (bicyclic) bond motifs is 1. The molecule has 0 aromatic carbocycles. The van der Waals surface area contributed by atoms with Gasteiger partial charge in [-0.1, -0.05) is 23.2 Å². The second-order valence-electron chi connectivity index (χ2n) is 3.98. The molecule has 1 amide bonds. The van der Waals surface area contributed by atoms with Crippen LogP contribution in [-0.4, -0.2) is 30.3 Å². The summed E-state index contributed by atoms with van der Waals surface area (Å²) in [5.74, 6) is -0.963. The van der Waals surface area contributed by atoms with Crippen LogP contribution in [0.3, 0.4) is 0 Å². The summed E-state index contributed by atoms with van der Waals surface area (Å²) in [5.41, 5.74) is 0.375. The highest BCUT2D eigenvalue weighted by Crippen LogP contribution is 2.34. The number of aromatic nitrogens is 1. The third-order valence-electron chi connectivity index (χ3n) is 2.54. The van der Waals surface area contributed by atoms with Crippen molar-refractivity contribution in [3.63, 3.8) is 0 Å². The summed E-state index contributed by atoms with van der Waals surface area (Å²) >= 11 is 11.7. The number of carbonyl (C=O) groups excluding carboxylic acids is 2. The molecule has 0 spiro atoms. The molecule has 0 atom stereocenters. The van der Waals surface area contributed by atoms with E-state index in [9.17, 15) is 9.59 Å². The van der Waals surface area contributed by atoms with Gasteiger partial charge in [-0.3, -0.25) is 5.32 Å². The Kier molecular flexibility index (Phi) is 5.10. The van der Waals surface area contributed by atoms with Gasteiger partial charge in [0.25, 0.3) is 0 Å². The fraction of sp³-hybridized carbons (Fsp3) is 0.308. The van der Waals surface area contributed by atoms with Crippen molar-refractivity contribution in [3.8, 4) is 0 Å². The van der Waals surface area contributed by atoms with E-state index in [1.807, 2.05) is 0 Å². The average Bonchev–Trinajstić information content (AvgIpc) is 2.78. The van der Waals surface area contributed by atoms with Crippen molar-refractivity contribution in [1.29, 1.82) is 0 Å². The van der Waals surface area contributed by atoms with Crippen LogP contribution in [0, 0.1) is 0 Å². The summed E-state index contributed by atoms with van der Waals surface area (Å²) in [6, 6.07) is 1.39. The first-order valence-electron chi connectivity index (χ1n) is 6.37. The van der Waals surface area contributed by atoms with E-state index in [0.29, 0.717) is 0 Å². The molecule has 2 aromatic heterocycles. The zero-order chi connectivity index (χ0) is 16.3. The second kappa shape index (κ2) is 6.85. The van der Waals surface area contributed by atoms with E-state index in [4.69, 9.17) is 37.1 Å². The summed E-state index contributed by atoms with van der Waals surface area (Å²) < 4.78 is 15.0. The van der Waals surface area contributed by atoms with Crippen molar-refractivity contribution in [1.82, 2.24) is 4.98 Å². The Bertz CT molecular complexity index is 729. The van der Waals surface area contributed by atoms with Crippen LogP contribution in [0.25, 0.3) is 11.1 Å². The molecule has 118 valence electrons. The van der Waals surface area contributed by atoms with Gasteiger partial charge in [0, 0.05) is 6.07 Å². The Labute approximate surface area is 135 Å². The van der Waals surface area contributed by atoms with E-state index in [0.717, 1.165) is 0 Å². The topological polar surface area (TPSA) is 90.7 Å².